The smallest absolute Gasteiger partial charge is 0.300 e. The maximum Gasteiger partial charge on any atom is 0.300 e. The van der Waals surface area contributed by atoms with Gasteiger partial charge in [0.15, 0.2) is 0 Å². The molecule has 0 spiro atoms. The van der Waals surface area contributed by atoms with Gasteiger partial charge in [-0.05, 0) is 18.5 Å². The lowest BCUT2D eigenvalue weighted by molar-refractivity contribution is -0.134. The topological polar surface area (TPSA) is 37.3 Å². The molecule has 68 valence electrons. The molecule has 0 rings (SSSR count). The van der Waals surface area contributed by atoms with Crippen molar-refractivity contribution in [2.75, 3.05) is 18.5 Å². The summed E-state index contributed by atoms with van der Waals surface area (Å²) in [6, 6.07) is 0. The van der Waals surface area contributed by atoms with Crippen LogP contribution in [0, 0.1) is 0 Å². The number of hydrogen-bond donors (Lipinski definition) is 1. The van der Waals surface area contributed by atoms with Crippen LogP contribution in [0.15, 0.2) is 0 Å². The molecule has 0 aliphatic rings. The minimum absolute atomic E-state index is 0.446. The predicted octanol–water partition coefficient (Wildman–Crippen LogP) is 2.62. The van der Waals surface area contributed by atoms with Crippen molar-refractivity contribution >= 4 is 13.9 Å². The number of carboxylic acids is 1. The first-order valence-electron chi connectivity index (χ1n) is 4.00. The van der Waals surface area contributed by atoms with E-state index in [0.29, 0.717) is 7.92 Å². The second-order valence-electron chi connectivity index (χ2n) is 2.14. The molecule has 0 saturated heterocycles. The lowest BCUT2D eigenvalue weighted by Gasteiger charge is -2.07. The maximum absolute atomic E-state index is 9.00. The van der Waals surface area contributed by atoms with Gasteiger partial charge in [0.25, 0.3) is 5.97 Å². The zero-order chi connectivity index (χ0) is 9.28. The number of carbonyl (C=O) groups is 1. The van der Waals surface area contributed by atoms with Crippen LogP contribution < -0.4 is 0 Å². The van der Waals surface area contributed by atoms with E-state index in [1.165, 1.54) is 18.5 Å². The van der Waals surface area contributed by atoms with Crippen LogP contribution in [-0.2, 0) is 4.79 Å². The predicted molar refractivity (Wildman–Crippen MR) is 51.9 cm³/mol. The first-order valence-corrected chi connectivity index (χ1v) is 5.90. The van der Waals surface area contributed by atoms with Crippen molar-refractivity contribution in [1.29, 1.82) is 0 Å². The molecule has 0 aliphatic carbocycles. The van der Waals surface area contributed by atoms with Crippen molar-refractivity contribution in [3.63, 3.8) is 0 Å². The molecule has 2 nitrogen and oxygen atoms in total. The molecule has 0 aromatic heterocycles. The van der Waals surface area contributed by atoms with Crippen LogP contribution in [0.3, 0.4) is 0 Å². The van der Waals surface area contributed by atoms with Gasteiger partial charge in [0, 0.05) is 6.92 Å². The van der Waals surface area contributed by atoms with E-state index in [9.17, 15) is 0 Å². The van der Waals surface area contributed by atoms with Gasteiger partial charge < -0.3 is 5.11 Å². The molecule has 0 aromatic carbocycles. The minimum Gasteiger partial charge on any atom is -0.481 e. The van der Waals surface area contributed by atoms with Crippen LogP contribution in [0.25, 0.3) is 0 Å². The summed E-state index contributed by atoms with van der Waals surface area (Å²) in [7, 11) is 0.446. The van der Waals surface area contributed by atoms with Crippen molar-refractivity contribution in [2.45, 2.75) is 27.7 Å². The Morgan fingerprint density at radius 3 is 1.36 bits per heavy atom. The second-order valence-corrected chi connectivity index (χ2v) is 5.38. The van der Waals surface area contributed by atoms with Crippen LogP contribution in [-0.4, -0.2) is 29.6 Å². The molecule has 0 amide bonds. The highest BCUT2D eigenvalue weighted by atomic mass is 31.1. The summed E-state index contributed by atoms with van der Waals surface area (Å²) in [5.74, 6) is -0.833. The molecule has 0 aliphatic heterocycles. The SMILES string of the molecule is CC(=O)O.CCP(CC)CC. The number of rotatable bonds is 3. The van der Waals surface area contributed by atoms with Crippen molar-refractivity contribution < 1.29 is 9.90 Å². The van der Waals surface area contributed by atoms with Gasteiger partial charge in [-0.1, -0.05) is 20.8 Å². The van der Waals surface area contributed by atoms with Gasteiger partial charge in [0.1, 0.15) is 0 Å². The monoisotopic (exact) mass is 178 g/mol. The Bertz CT molecular complexity index is 80.6. The average Bonchev–Trinajstić information content (AvgIpc) is 1.90. The summed E-state index contributed by atoms with van der Waals surface area (Å²) in [6.45, 7) is 7.95. The Morgan fingerprint density at radius 2 is 1.36 bits per heavy atom. The number of hydrogen-bond acceptors (Lipinski definition) is 1. The van der Waals surface area contributed by atoms with Crippen LogP contribution in [0.4, 0.5) is 0 Å². The summed E-state index contributed by atoms with van der Waals surface area (Å²) in [6.07, 6.45) is 4.26. The van der Waals surface area contributed by atoms with Gasteiger partial charge in [-0.3, -0.25) is 4.79 Å². The third-order valence-electron chi connectivity index (χ3n) is 1.34. The van der Waals surface area contributed by atoms with E-state index in [1.54, 1.807) is 0 Å². The molecule has 1 N–H and O–H groups in total. The van der Waals surface area contributed by atoms with E-state index < -0.39 is 5.97 Å². The number of aliphatic carboxylic acids is 1. The first kappa shape index (κ1) is 13.5. The molecular formula is C8H19O2P. The molecule has 0 saturated carbocycles. The normalized spacial score (nSPS) is 8.82. The summed E-state index contributed by atoms with van der Waals surface area (Å²) >= 11 is 0. The fraction of sp³-hybridized carbons (Fsp3) is 0.875. The van der Waals surface area contributed by atoms with Crippen LogP contribution >= 0.6 is 7.92 Å². The standard InChI is InChI=1S/C6H15P.C2H4O2/c1-4-7(5-2)6-3;1-2(3)4/h4-6H2,1-3H3;1H3,(H,3,4). The fourth-order valence-electron chi connectivity index (χ4n) is 0.671. The summed E-state index contributed by atoms with van der Waals surface area (Å²) in [5.41, 5.74) is 0. The van der Waals surface area contributed by atoms with E-state index in [4.69, 9.17) is 9.90 Å². The molecule has 0 aromatic rings. The third-order valence-corrected chi connectivity index (χ3v) is 4.02. The highest BCUT2D eigenvalue weighted by Gasteiger charge is 1.94. The Labute approximate surface area is 70.8 Å². The Balaban J connectivity index is 0. The van der Waals surface area contributed by atoms with E-state index in [0.717, 1.165) is 6.92 Å². The lowest BCUT2D eigenvalue weighted by Crippen LogP contribution is -1.83. The van der Waals surface area contributed by atoms with Gasteiger partial charge in [0.2, 0.25) is 0 Å². The van der Waals surface area contributed by atoms with Crippen LogP contribution in [0.1, 0.15) is 27.7 Å². The van der Waals surface area contributed by atoms with Gasteiger partial charge in [-0.25, -0.2) is 0 Å². The largest absolute Gasteiger partial charge is 0.481 e. The molecule has 0 unspecified atom stereocenters. The Morgan fingerprint density at radius 1 is 1.18 bits per heavy atom. The van der Waals surface area contributed by atoms with Gasteiger partial charge in [-0.15, -0.1) is 7.92 Å². The number of carboxylic acid groups (broad SMARTS) is 1. The molecule has 3 heteroatoms. The Kier molecular flexibility index (Phi) is 12.1. The summed E-state index contributed by atoms with van der Waals surface area (Å²) < 4.78 is 0. The first-order chi connectivity index (χ1) is 5.08. The van der Waals surface area contributed by atoms with E-state index in [-0.39, 0.29) is 0 Å². The zero-order valence-electron chi connectivity index (χ0n) is 7.92. The zero-order valence-corrected chi connectivity index (χ0v) is 8.82. The van der Waals surface area contributed by atoms with Gasteiger partial charge in [0.05, 0.1) is 0 Å². The molecule has 0 heterocycles. The van der Waals surface area contributed by atoms with Crippen molar-refractivity contribution in [1.82, 2.24) is 0 Å². The second kappa shape index (κ2) is 9.90. The Hall–Kier alpha value is -0.100. The lowest BCUT2D eigenvalue weighted by atomic mass is 10.9. The summed E-state index contributed by atoms with van der Waals surface area (Å²) in [5, 5.41) is 7.42. The average molecular weight is 178 g/mol. The van der Waals surface area contributed by atoms with E-state index >= 15 is 0 Å². The summed E-state index contributed by atoms with van der Waals surface area (Å²) in [4.78, 5) is 9.00. The minimum atomic E-state index is -0.833. The van der Waals surface area contributed by atoms with E-state index in [2.05, 4.69) is 20.8 Å². The molecule has 0 atom stereocenters. The maximum atomic E-state index is 9.00. The quantitative estimate of drug-likeness (QED) is 0.674. The molecule has 0 radical (unpaired) electrons. The van der Waals surface area contributed by atoms with Crippen molar-refractivity contribution in [2.24, 2.45) is 0 Å². The molecule has 11 heavy (non-hydrogen) atoms. The highest BCUT2D eigenvalue weighted by Crippen LogP contribution is 2.32. The highest BCUT2D eigenvalue weighted by molar-refractivity contribution is 7.57. The van der Waals surface area contributed by atoms with E-state index in [1.807, 2.05) is 0 Å². The molecule has 0 fully saturated rings. The van der Waals surface area contributed by atoms with Crippen LogP contribution in [0.2, 0.25) is 0 Å². The molecular weight excluding hydrogens is 159 g/mol. The third kappa shape index (κ3) is 17.7. The molecule has 0 bridgehead atoms. The van der Waals surface area contributed by atoms with Crippen molar-refractivity contribution in [3.05, 3.63) is 0 Å². The van der Waals surface area contributed by atoms with Crippen molar-refractivity contribution in [3.8, 4) is 0 Å². The van der Waals surface area contributed by atoms with Gasteiger partial charge >= 0.3 is 0 Å². The van der Waals surface area contributed by atoms with Crippen LogP contribution in [0.5, 0.6) is 0 Å². The fourth-order valence-corrected chi connectivity index (χ4v) is 2.01. The van der Waals surface area contributed by atoms with Gasteiger partial charge in [-0.2, -0.15) is 0 Å².